The quantitative estimate of drug-likeness (QED) is 0.749. The van der Waals surface area contributed by atoms with Crippen LogP contribution in [0.1, 0.15) is 21.5 Å². The van der Waals surface area contributed by atoms with Crippen LogP contribution >= 0.6 is 0 Å². The van der Waals surface area contributed by atoms with Gasteiger partial charge in [0.1, 0.15) is 11.9 Å². The van der Waals surface area contributed by atoms with Crippen molar-refractivity contribution in [1.29, 1.82) is 0 Å². The number of benzene rings is 2. The van der Waals surface area contributed by atoms with Crippen LogP contribution < -0.4 is 14.8 Å². The first-order valence-corrected chi connectivity index (χ1v) is 8.08. The summed E-state index contributed by atoms with van der Waals surface area (Å²) in [6, 6.07) is 13.0. The zero-order valence-corrected chi connectivity index (χ0v) is 14.8. The van der Waals surface area contributed by atoms with E-state index >= 15 is 0 Å². The van der Waals surface area contributed by atoms with Gasteiger partial charge in [0.25, 0.3) is 5.91 Å². The van der Waals surface area contributed by atoms with Crippen LogP contribution in [0.5, 0.6) is 17.4 Å². The van der Waals surface area contributed by atoms with Crippen LogP contribution in [0.15, 0.2) is 55.0 Å². The molecule has 1 aromatic heterocycles. The molecular weight excluding hydrogens is 330 g/mol. The maximum atomic E-state index is 12.8. The van der Waals surface area contributed by atoms with Crippen LogP contribution in [-0.4, -0.2) is 23.0 Å². The Hall–Kier alpha value is -3.41. The second-order valence-corrected chi connectivity index (χ2v) is 5.72. The van der Waals surface area contributed by atoms with Crippen molar-refractivity contribution in [2.45, 2.75) is 13.8 Å². The molecule has 0 atom stereocenters. The molecule has 0 bridgehead atoms. The van der Waals surface area contributed by atoms with Crippen LogP contribution in [0.3, 0.4) is 0 Å². The van der Waals surface area contributed by atoms with Crippen molar-refractivity contribution >= 4 is 11.6 Å². The highest BCUT2D eigenvalue weighted by atomic mass is 16.5. The number of carbonyl (C=O) groups is 1. The maximum absolute atomic E-state index is 12.8. The molecule has 0 aliphatic carbocycles. The molecule has 0 saturated carbocycles. The number of rotatable bonds is 5. The van der Waals surface area contributed by atoms with E-state index in [4.69, 9.17) is 9.47 Å². The van der Waals surface area contributed by atoms with Gasteiger partial charge in [-0.3, -0.25) is 4.79 Å². The minimum absolute atomic E-state index is 0.160. The zero-order valence-electron chi connectivity index (χ0n) is 14.8. The summed E-state index contributed by atoms with van der Waals surface area (Å²) < 4.78 is 11.1. The Labute approximate surface area is 151 Å². The van der Waals surface area contributed by atoms with Crippen molar-refractivity contribution in [3.63, 3.8) is 0 Å². The lowest BCUT2D eigenvalue weighted by Gasteiger charge is -2.14. The lowest BCUT2D eigenvalue weighted by Crippen LogP contribution is -2.15. The van der Waals surface area contributed by atoms with Gasteiger partial charge in [-0.15, -0.1) is 0 Å². The molecule has 0 radical (unpaired) electrons. The minimum Gasteiger partial charge on any atom is -0.493 e. The Morgan fingerprint density at radius 3 is 2.38 bits per heavy atom. The third-order valence-corrected chi connectivity index (χ3v) is 3.92. The summed E-state index contributed by atoms with van der Waals surface area (Å²) in [7, 11) is 1.55. The molecule has 6 heteroatoms. The average molecular weight is 349 g/mol. The molecule has 132 valence electrons. The summed E-state index contributed by atoms with van der Waals surface area (Å²) in [5.74, 6) is 0.836. The van der Waals surface area contributed by atoms with Crippen molar-refractivity contribution in [3.8, 4) is 17.4 Å². The van der Waals surface area contributed by atoms with E-state index in [1.165, 1.54) is 12.5 Å². The molecule has 0 saturated heterocycles. The van der Waals surface area contributed by atoms with E-state index in [1.807, 2.05) is 44.2 Å². The van der Waals surface area contributed by atoms with Crippen molar-refractivity contribution in [3.05, 3.63) is 71.7 Å². The number of methoxy groups -OCH3 is 1. The third-order valence-electron chi connectivity index (χ3n) is 3.92. The highest BCUT2D eigenvalue weighted by Crippen LogP contribution is 2.31. The molecule has 6 nitrogen and oxygen atoms in total. The van der Waals surface area contributed by atoms with Crippen LogP contribution in [0.4, 0.5) is 5.69 Å². The molecule has 0 spiro atoms. The topological polar surface area (TPSA) is 73.3 Å². The average Bonchev–Trinajstić information content (AvgIpc) is 2.65. The predicted octanol–water partition coefficient (Wildman–Crippen LogP) is 4.15. The number of amides is 1. The molecule has 0 aliphatic heterocycles. The number of hydrogen-bond donors (Lipinski definition) is 1. The maximum Gasteiger partial charge on any atom is 0.262 e. The largest absolute Gasteiger partial charge is 0.493 e. The van der Waals surface area contributed by atoms with E-state index < -0.39 is 0 Å². The summed E-state index contributed by atoms with van der Waals surface area (Å²) in [6.45, 7) is 3.88. The monoisotopic (exact) mass is 349 g/mol. The smallest absolute Gasteiger partial charge is 0.262 e. The van der Waals surface area contributed by atoms with Crippen LogP contribution in [0.25, 0.3) is 0 Å². The summed E-state index contributed by atoms with van der Waals surface area (Å²) in [6.07, 6.45) is 2.77. The highest BCUT2D eigenvalue weighted by molar-refractivity contribution is 6.06. The minimum atomic E-state index is -0.340. The fourth-order valence-electron chi connectivity index (χ4n) is 2.56. The number of nitrogens with zero attached hydrogens (tertiary/aromatic N) is 2. The van der Waals surface area contributed by atoms with Gasteiger partial charge in [0.2, 0.25) is 5.88 Å². The van der Waals surface area contributed by atoms with Gasteiger partial charge in [-0.1, -0.05) is 30.3 Å². The van der Waals surface area contributed by atoms with E-state index in [9.17, 15) is 4.79 Å². The van der Waals surface area contributed by atoms with E-state index in [2.05, 4.69) is 15.3 Å². The molecule has 26 heavy (non-hydrogen) atoms. The first kappa shape index (κ1) is 17.4. The van der Waals surface area contributed by atoms with E-state index in [0.717, 1.165) is 16.8 Å². The van der Waals surface area contributed by atoms with Gasteiger partial charge < -0.3 is 14.8 Å². The number of nitrogens with one attached hydrogen (secondary N) is 1. The van der Waals surface area contributed by atoms with Crippen molar-refractivity contribution in [2.24, 2.45) is 0 Å². The summed E-state index contributed by atoms with van der Waals surface area (Å²) in [5.41, 5.74) is 2.95. The number of aryl methyl sites for hydroxylation is 2. The molecular formula is C20H19N3O3. The van der Waals surface area contributed by atoms with Gasteiger partial charge in [-0.2, -0.15) is 0 Å². The lowest BCUT2D eigenvalue weighted by atomic mass is 10.1. The number of ether oxygens (including phenoxy) is 2. The predicted molar refractivity (Wildman–Crippen MR) is 99.0 cm³/mol. The second kappa shape index (κ2) is 7.65. The first-order chi connectivity index (χ1) is 12.6. The third kappa shape index (κ3) is 3.64. The van der Waals surface area contributed by atoms with E-state index in [0.29, 0.717) is 11.5 Å². The molecule has 2 aromatic carbocycles. The highest BCUT2D eigenvalue weighted by Gasteiger charge is 2.18. The SMILES string of the molecule is COc1ccccc1Oc1ncncc1C(=O)Nc1c(C)cccc1C. The van der Waals surface area contributed by atoms with Crippen LogP contribution in [0.2, 0.25) is 0 Å². The molecule has 0 aliphatic rings. The van der Waals surface area contributed by atoms with Gasteiger partial charge in [-0.25, -0.2) is 9.97 Å². The fraction of sp³-hybridized carbons (Fsp3) is 0.150. The zero-order chi connectivity index (χ0) is 18.5. The number of hydrogen-bond acceptors (Lipinski definition) is 5. The number of aromatic nitrogens is 2. The second-order valence-electron chi connectivity index (χ2n) is 5.72. The summed E-state index contributed by atoms with van der Waals surface area (Å²) >= 11 is 0. The lowest BCUT2D eigenvalue weighted by molar-refractivity contribution is 0.102. The van der Waals surface area contributed by atoms with Crippen molar-refractivity contribution in [2.75, 3.05) is 12.4 Å². The molecule has 1 heterocycles. The molecule has 1 amide bonds. The van der Waals surface area contributed by atoms with Crippen molar-refractivity contribution in [1.82, 2.24) is 9.97 Å². The Bertz CT molecular complexity index is 921. The summed E-state index contributed by atoms with van der Waals surface area (Å²) in [4.78, 5) is 20.8. The number of carbonyl (C=O) groups excluding carboxylic acids is 1. The number of anilines is 1. The van der Waals surface area contributed by atoms with Gasteiger partial charge in [-0.05, 0) is 37.1 Å². The Balaban J connectivity index is 1.91. The Morgan fingerprint density at radius 1 is 1.00 bits per heavy atom. The normalized spacial score (nSPS) is 10.3. The Morgan fingerprint density at radius 2 is 1.69 bits per heavy atom. The molecule has 0 unspecified atom stereocenters. The first-order valence-electron chi connectivity index (χ1n) is 8.08. The fourth-order valence-corrected chi connectivity index (χ4v) is 2.56. The summed E-state index contributed by atoms with van der Waals surface area (Å²) in [5, 5.41) is 2.92. The van der Waals surface area contributed by atoms with Gasteiger partial charge in [0, 0.05) is 11.9 Å². The van der Waals surface area contributed by atoms with Crippen molar-refractivity contribution < 1.29 is 14.3 Å². The van der Waals surface area contributed by atoms with E-state index in [1.54, 1.807) is 19.2 Å². The van der Waals surface area contributed by atoms with Gasteiger partial charge in [0.05, 0.1) is 7.11 Å². The standard InChI is InChI=1S/C20H19N3O3/c1-13-7-6-8-14(2)18(13)23-19(24)15-11-21-12-22-20(15)26-17-10-5-4-9-16(17)25-3/h4-12H,1-3H3,(H,23,24). The Kier molecular flexibility index (Phi) is 5.12. The number of para-hydroxylation sites is 3. The molecule has 3 aromatic rings. The molecule has 3 rings (SSSR count). The van der Waals surface area contributed by atoms with Gasteiger partial charge in [0.15, 0.2) is 11.5 Å². The molecule has 0 fully saturated rings. The van der Waals surface area contributed by atoms with Gasteiger partial charge >= 0.3 is 0 Å². The van der Waals surface area contributed by atoms with Crippen LogP contribution in [0, 0.1) is 13.8 Å². The molecule has 1 N–H and O–H groups in total. The van der Waals surface area contributed by atoms with Crippen LogP contribution in [-0.2, 0) is 0 Å². The van der Waals surface area contributed by atoms with E-state index in [-0.39, 0.29) is 17.4 Å².